The van der Waals surface area contributed by atoms with Gasteiger partial charge in [0.05, 0.1) is 10.6 Å². The highest BCUT2D eigenvalue weighted by atomic mass is 35.5. The number of halogens is 1. The van der Waals surface area contributed by atoms with Crippen LogP contribution in [0.15, 0.2) is 53.4 Å². The predicted molar refractivity (Wildman–Crippen MR) is 105 cm³/mol. The summed E-state index contributed by atoms with van der Waals surface area (Å²) in [6.45, 7) is 5.35. The Balaban J connectivity index is 2.45. The van der Waals surface area contributed by atoms with Crippen molar-refractivity contribution in [2.75, 3.05) is 10.8 Å². The first-order chi connectivity index (χ1) is 12.3. The fraction of sp³-hybridized carbons (Fsp3) is 0.316. The van der Waals surface area contributed by atoms with Gasteiger partial charge >= 0.3 is 0 Å². The molecule has 0 aromatic heterocycles. The number of amides is 1. The highest BCUT2D eigenvalue weighted by Crippen LogP contribution is 2.27. The first-order valence-electron chi connectivity index (χ1n) is 8.39. The van der Waals surface area contributed by atoms with Gasteiger partial charge in [-0.05, 0) is 56.2 Å². The third-order valence-corrected chi connectivity index (χ3v) is 6.12. The summed E-state index contributed by atoms with van der Waals surface area (Å²) < 4.78 is 27.5. The van der Waals surface area contributed by atoms with Gasteiger partial charge in [0.1, 0.15) is 6.54 Å². The number of hydrogen-bond acceptors (Lipinski definition) is 3. The topological polar surface area (TPSA) is 66.5 Å². The molecule has 1 atom stereocenters. The van der Waals surface area contributed by atoms with Crippen LogP contribution in [-0.4, -0.2) is 26.9 Å². The van der Waals surface area contributed by atoms with E-state index in [-0.39, 0.29) is 23.4 Å². The number of nitrogens with one attached hydrogen (secondary N) is 1. The minimum absolute atomic E-state index is 0.0283. The molecular formula is C19H23ClN2O3S. The summed E-state index contributed by atoms with van der Waals surface area (Å²) in [4.78, 5) is 12.5. The van der Waals surface area contributed by atoms with Crippen molar-refractivity contribution in [3.05, 3.63) is 59.1 Å². The Kier molecular flexibility index (Phi) is 6.67. The van der Waals surface area contributed by atoms with Gasteiger partial charge in [-0.3, -0.25) is 9.10 Å². The van der Waals surface area contributed by atoms with Crippen LogP contribution in [0.3, 0.4) is 0 Å². The lowest BCUT2D eigenvalue weighted by molar-refractivity contribution is -0.120. The molecule has 5 nitrogen and oxygen atoms in total. The Hall–Kier alpha value is -2.05. The lowest BCUT2D eigenvalue weighted by atomic mass is 10.2. The number of hydrogen-bond donors (Lipinski definition) is 1. The van der Waals surface area contributed by atoms with Crippen molar-refractivity contribution in [1.82, 2.24) is 5.32 Å². The summed E-state index contributed by atoms with van der Waals surface area (Å²) in [7, 11) is -3.92. The molecule has 0 bridgehead atoms. The molecule has 2 aromatic rings. The molecule has 0 aliphatic heterocycles. The summed E-state index contributed by atoms with van der Waals surface area (Å²) in [5.74, 6) is -0.347. The maximum absolute atomic E-state index is 13.2. The van der Waals surface area contributed by atoms with E-state index in [0.717, 1.165) is 16.3 Å². The molecule has 0 aliphatic rings. The third-order valence-electron chi connectivity index (χ3n) is 4.09. The van der Waals surface area contributed by atoms with Crippen molar-refractivity contribution in [3.63, 3.8) is 0 Å². The van der Waals surface area contributed by atoms with Gasteiger partial charge in [0, 0.05) is 11.1 Å². The average molecular weight is 395 g/mol. The van der Waals surface area contributed by atoms with Crippen molar-refractivity contribution in [2.24, 2.45) is 0 Å². The molecule has 0 spiro atoms. The van der Waals surface area contributed by atoms with E-state index in [9.17, 15) is 13.2 Å². The highest BCUT2D eigenvalue weighted by Gasteiger charge is 2.28. The van der Waals surface area contributed by atoms with Gasteiger partial charge in [-0.25, -0.2) is 8.42 Å². The lowest BCUT2D eigenvalue weighted by Gasteiger charge is -2.26. The Labute approximate surface area is 160 Å². The average Bonchev–Trinajstić information content (AvgIpc) is 2.60. The molecule has 1 N–H and O–H groups in total. The standard InChI is InChI=1S/C19H23ClN2O3S/c1-4-15(3)21-19(23)13-22(18-8-6-5-7-14(18)2)26(24,25)17-11-9-16(20)10-12-17/h5-12,15H,4,13H2,1-3H3,(H,21,23)/t15-/m1/s1. The van der Waals surface area contributed by atoms with Gasteiger partial charge in [-0.2, -0.15) is 0 Å². The smallest absolute Gasteiger partial charge is 0.264 e. The number of rotatable bonds is 7. The molecule has 0 saturated carbocycles. The van der Waals surface area contributed by atoms with Gasteiger partial charge in [0.15, 0.2) is 0 Å². The van der Waals surface area contributed by atoms with Crippen LogP contribution in [0.4, 0.5) is 5.69 Å². The summed E-state index contributed by atoms with van der Waals surface area (Å²) in [5, 5.41) is 3.26. The second-order valence-corrected chi connectivity index (χ2v) is 8.43. The molecule has 2 aromatic carbocycles. The number of benzene rings is 2. The zero-order chi connectivity index (χ0) is 19.3. The molecule has 0 radical (unpaired) electrons. The molecule has 0 heterocycles. The van der Waals surface area contributed by atoms with Crippen molar-refractivity contribution in [2.45, 2.75) is 38.1 Å². The molecule has 1 amide bonds. The first kappa shape index (κ1) is 20.3. The number of carbonyl (C=O) groups is 1. The normalized spacial score (nSPS) is 12.5. The van der Waals surface area contributed by atoms with E-state index in [1.165, 1.54) is 24.3 Å². The van der Waals surface area contributed by atoms with E-state index in [1.807, 2.05) is 32.9 Å². The van der Waals surface area contributed by atoms with E-state index < -0.39 is 10.0 Å². The molecule has 26 heavy (non-hydrogen) atoms. The minimum atomic E-state index is -3.92. The number of carbonyl (C=O) groups excluding carboxylic acids is 1. The summed E-state index contributed by atoms with van der Waals surface area (Å²) >= 11 is 5.87. The predicted octanol–water partition coefficient (Wildman–Crippen LogP) is 3.76. The SMILES string of the molecule is CC[C@@H](C)NC(=O)CN(c1ccccc1C)S(=O)(=O)c1ccc(Cl)cc1. The van der Waals surface area contributed by atoms with E-state index in [2.05, 4.69) is 5.32 Å². The molecule has 0 saturated heterocycles. The Morgan fingerprint density at radius 1 is 1.15 bits per heavy atom. The maximum Gasteiger partial charge on any atom is 0.264 e. The van der Waals surface area contributed by atoms with Crippen molar-refractivity contribution in [1.29, 1.82) is 0 Å². The molecule has 7 heteroatoms. The van der Waals surface area contributed by atoms with Crippen LogP contribution in [0, 0.1) is 6.92 Å². The minimum Gasteiger partial charge on any atom is -0.352 e. The van der Waals surface area contributed by atoms with E-state index in [4.69, 9.17) is 11.6 Å². The lowest BCUT2D eigenvalue weighted by Crippen LogP contribution is -2.43. The van der Waals surface area contributed by atoms with Crippen molar-refractivity contribution in [3.8, 4) is 0 Å². The largest absolute Gasteiger partial charge is 0.352 e. The Morgan fingerprint density at radius 2 is 1.77 bits per heavy atom. The van der Waals surface area contributed by atoms with E-state index in [1.54, 1.807) is 12.1 Å². The monoisotopic (exact) mass is 394 g/mol. The first-order valence-corrected chi connectivity index (χ1v) is 10.2. The van der Waals surface area contributed by atoms with Crippen molar-refractivity contribution >= 4 is 33.2 Å². The van der Waals surface area contributed by atoms with Gasteiger partial charge in [-0.1, -0.05) is 36.7 Å². The molecule has 140 valence electrons. The van der Waals surface area contributed by atoms with E-state index in [0.29, 0.717) is 10.7 Å². The molecule has 2 rings (SSSR count). The Morgan fingerprint density at radius 3 is 2.35 bits per heavy atom. The Bertz CT molecular complexity index is 867. The van der Waals surface area contributed by atoms with Crippen LogP contribution in [0.1, 0.15) is 25.8 Å². The number of para-hydroxylation sites is 1. The van der Waals surface area contributed by atoms with E-state index >= 15 is 0 Å². The zero-order valence-electron chi connectivity index (χ0n) is 15.1. The molecular weight excluding hydrogens is 372 g/mol. The van der Waals surface area contributed by atoms with Gasteiger partial charge < -0.3 is 5.32 Å². The quantitative estimate of drug-likeness (QED) is 0.777. The maximum atomic E-state index is 13.2. The fourth-order valence-electron chi connectivity index (χ4n) is 2.43. The summed E-state index contributed by atoms with van der Waals surface area (Å²) in [5.41, 5.74) is 1.24. The second kappa shape index (κ2) is 8.56. The van der Waals surface area contributed by atoms with Crippen molar-refractivity contribution < 1.29 is 13.2 Å². The van der Waals surface area contributed by atoms with Crippen LogP contribution in [0.2, 0.25) is 5.02 Å². The number of aryl methyl sites for hydroxylation is 1. The number of anilines is 1. The van der Waals surface area contributed by atoms with Crippen LogP contribution in [0.5, 0.6) is 0 Å². The molecule has 0 unspecified atom stereocenters. The molecule has 0 fully saturated rings. The number of sulfonamides is 1. The number of nitrogens with zero attached hydrogens (tertiary/aromatic N) is 1. The van der Waals surface area contributed by atoms with Crippen LogP contribution in [-0.2, 0) is 14.8 Å². The summed E-state index contributed by atoms with van der Waals surface area (Å²) in [6.07, 6.45) is 0.764. The van der Waals surface area contributed by atoms with Gasteiger partial charge in [0.2, 0.25) is 5.91 Å². The van der Waals surface area contributed by atoms with Gasteiger partial charge in [0.25, 0.3) is 10.0 Å². The van der Waals surface area contributed by atoms with Gasteiger partial charge in [-0.15, -0.1) is 0 Å². The summed E-state index contributed by atoms with van der Waals surface area (Å²) in [6, 6.07) is 13.0. The second-order valence-electron chi connectivity index (χ2n) is 6.13. The van der Waals surface area contributed by atoms with Crippen LogP contribution >= 0.6 is 11.6 Å². The highest BCUT2D eigenvalue weighted by molar-refractivity contribution is 7.92. The molecule has 0 aliphatic carbocycles. The third kappa shape index (κ3) is 4.77. The van der Waals surface area contributed by atoms with Crippen LogP contribution < -0.4 is 9.62 Å². The zero-order valence-corrected chi connectivity index (χ0v) is 16.6. The van der Waals surface area contributed by atoms with Crippen LogP contribution in [0.25, 0.3) is 0 Å². The fourth-order valence-corrected chi connectivity index (χ4v) is 4.04.